The topological polar surface area (TPSA) is 29.3 Å². The van der Waals surface area contributed by atoms with Gasteiger partial charge in [-0.15, -0.1) is 0 Å². The summed E-state index contributed by atoms with van der Waals surface area (Å²) < 4.78 is 1.97. The maximum atomic E-state index is 4.47. The molecule has 0 radical (unpaired) electrons. The van der Waals surface area contributed by atoms with Crippen LogP contribution in [0, 0.1) is 5.92 Å². The highest BCUT2D eigenvalue weighted by Gasteiger charge is 2.15. The fraction of sp³-hybridized carbons (Fsp3) is 0.588. The van der Waals surface area contributed by atoms with Crippen LogP contribution in [0.25, 0.3) is 5.52 Å². The minimum atomic E-state index is 0.425. The van der Waals surface area contributed by atoms with Crippen molar-refractivity contribution in [3.05, 3.63) is 36.2 Å². The molecule has 0 saturated carbocycles. The Morgan fingerprint density at radius 2 is 2.10 bits per heavy atom. The summed E-state index contributed by atoms with van der Waals surface area (Å²) in [6.07, 6.45) is 8.96. The van der Waals surface area contributed by atoms with E-state index in [1.54, 1.807) is 0 Å². The summed E-state index contributed by atoms with van der Waals surface area (Å²) in [5, 5.41) is 8.15. The largest absolute Gasteiger partial charge is 0.310 e. The average molecular weight is 273 g/mol. The molecule has 20 heavy (non-hydrogen) atoms. The smallest absolute Gasteiger partial charge is 0.0709 e. The van der Waals surface area contributed by atoms with Crippen molar-refractivity contribution in [2.24, 2.45) is 5.92 Å². The van der Waals surface area contributed by atoms with Crippen molar-refractivity contribution < 1.29 is 0 Å². The zero-order valence-electron chi connectivity index (χ0n) is 13.0. The molecule has 0 aliphatic heterocycles. The Bertz CT molecular complexity index is 516. The molecule has 0 aliphatic carbocycles. The first-order chi connectivity index (χ1) is 9.72. The van der Waals surface area contributed by atoms with Gasteiger partial charge in [-0.25, -0.2) is 4.52 Å². The van der Waals surface area contributed by atoms with Gasteiger partial charge in [-0.2, -0.15) is 5.10 Å². The van der Waals surface area contributed by atoms with E-state index in [-0.39, 0.29) is 0 Å². The minimum Gasteiger partial charge on any atom is -0.310 e. The van der Waals surface area contributed by atoms with Crippen molar-refractivity contribution >= 4 is 5.52 Å². The standard InChI is InChI=1S/C17H27N3/c1-4-11-18-16(9-7-8-14(2)3)15-13-19-20-12-6-5-10-17(15)20/h5-6,10,12-14,16,18H,4,7-9,11H2,1-3H3. The molecule has 2 rings (SSSR count). The summed E-state index contributed by atoms with van der Waals surface area (Å²) in [5.74, 6) is 0.783. The van der Waals surface area contributed by atoms with E-state index in [9.17, 15) is 0 Å². The van der Waals surface area contributed by atoms with Crippen molar-refractivity contribution in [2.75, 3.05) is 6.54 Å². The van der Waals surface area contributed by atoms with Crippen molar-refractivity contribution in [1.82, 2.24) is 14.9 Å². The molecular weight excluding hydrogens is 246 g/mol. The molecule has 0 aromatic carbocycles. The van der Waals surface area contributed by atoms with Crippen LogP contribution in [-0.4, -0.2) is 16.2 Å². The number of nitrogens with zero attached hydrogens (tertiary/aromatic N) is 2. The van der Waals surface area contributed by atoms with Gasteiger partial charge in [0.25, 0.3) is 0 Å². The Balaban J connectivity index is 2.12. The van der Waals surface area contributed by atoms with Crippen LogP contribution < -0.4 is 5.32 Å². The second-order valence-corrected chi connectivity index (χ2v) is 5.96. The lowest BCUT2D eigenvalue weighted by Gasteiger charge is -2.18. The Morgan fingerprint density at radius 3 is 2.85 bits per heavy atom. The van der Waals surface area contributed by atoms with Crippen molar-refractivity contribution in [1.29, 1.82) is 0 Å². The van der Waals surface area contributed by atoms with Gasteiger partial charge in [0, 0.05) is 17.8 Å². The van der Waals surface area contributed by atoms with E-state index in [0.29, 0.717) is 6.04 Å². The number of pyridine rings is 1. The first kappa shape index (κ1) is 15.0. The van der Waals surface area contributed by atoms with Gasteiger partial charge in [0.2, 0.25) is 0 Å². The second-order valence-electron chi connectivity index (χ2n) is 5.96. The van der Waals surface area contributed by atoms with Crippen molar-refractivity contribution in [3.8, 4) is 0 Å². The molecule has 0 saturated heterocycles. The first-order valence-corrected chi connectivity index (χ1v) is 7.88. The van der Waals surface area contributed by atoms with Crippen LogP contribution >= 0.6 is 0 Å². The van der Waals surface area contributed by atoms with E-state index in [1.165, 1.54) is 36.8 Å². The highest BCUT2D eigenvalue weighted by Crippen LogP contribution is 2.24. The van der Waals surface area contributed by atoms with E-state index in [4.69, 9.17) is 0 Å². The summed E-state index contributed by atoms with van der Waals surface area (Å²) in [6, 6.07) is 6.70. The van der Waals surface area contributed by atoms with Crippen LogP contribution in [0.1, 0.15) is 58.1 Å². The van der Waals surface area contributed by atoms with Gasteiger partial charge >= 0.3 is 0 Å². The third-order valence-electron chi connectivity index (χ3n) is 3.75. The molecule has 0 spiro atoms. The summed E-state index contributed by atoms with van der Waals surface area (Å²) in [6.45, 7) is 7.87. The van der Waals surface area contributed by atoms with Gasteiger partial charge in [-0.1, -0.05) is 39.7 Å². The zero-order chi connectivity index (χ0) is 14.4. The molecule has 3 heteroatoms. The van der Waals surface area contributed by atoms with Gasteiger partial charge < -0.3 is 5.32 Å². The van der Waals surface area contributed by atoms with E-state index < -0.39 is 0 Å². The first-order valence-electron chi connectivity index (χ1n) is 7.88. The number of hydrogen-bond donors (Lipinski definition) is 1. The third kappa shape index (κ3) is 3.83. The molecule has 0 amide bonds. The summed E-state index contributed by atoms with van der Waals surface area (Å²) in [5.41, 5.74) is 2.56. The lowest BCUT2D eigenvalue weighted by molar-refractivity contribution is 0.449. The van der Waals surface area contributed by atoms with Gasteiger partial charge in [-0.3, -0.25) is 0 Å². The molecule has 0 aliphatic rings. The van der Waals surface area contributed by atoms with Gasteiger partial charge in [0.1, 0.15) is 0 Å². The van der Waals surface area contributed by atoms with E-state index in [1.807, 2.05) is 23.0 Å². The Morgan fingerprint density at radius 1 is 1.25 bits per heavy atom. The van der Waals surface area contributed by atoms with E-state index >= 15 is 0 Å². The number of hydrogen-bond acceptors (Lipinski definition) is 2. The molecule has 0 fully saturated rings. The molecule has 3 nitrogen and oxygen atoms in total. The van der Waals surface area contributed by atoms with Crippen LogP contribution in [0.2, 0.25) is 0 Å². The Kier molecular flexibility index (Phi) is 5.60. The van der Waals surface area contributed by atoms with Crippen LogP contribution in [0.5, 0.6) is 0 Å². The monoisotopic (exact) mass is 273 g/mol. The SMILES string of the molecule is CCCNC(CCCC(C)C)c1cnn2ccccc12. The lowest BCUT2D eigenvalue weighted by atomic mass is 9.98. The fourth-order valence-corrected chi connectivity index (χ4v) is 2.64. The highest BCUT2D eigenvalue weighted by atomic mass is 15.2. The normalized spacial score (nSPS) is 13.2. The van der Waals surface area contributed by atoms with Crippen molar-refractivity contribution in [3.63, 3.8) is 0 Å². The molecule has 2 aromatic heterocycles. The average Bonchev–Trinajstić information content (AvgIpc) is 2.86. The maximum absolute atomic E-state index is 4.47. The van der Waals surface area contributed by atoms with Crippen LogP contribution in [0.4, 0.5) is 0 Å². The van der Waals surface area contributed by atoms with E-state index in [0.717, 1.165) is 12.5 Å². The Hall–Kier alpha value is -1.35. The minimum absolute atomic E-state index is 0.425. The highest BCUT2D eigenvalue weighted by molar-refractivity contribution is 5.54. The summed E-state index contributed by atoms with van der Waals surface area (Å²) in [7, 11) is 0. The number of rotatable bonds is 8. The van der Waals surface area contributed by atoms with Crippen molar-refractivity contribution in [2.45, 2.75) is 52.5 Å². The number of fused-ring (bicyclic) bond motifs is 1. The van der Waals surface area contributed by atoms with Crippen LogP contribution in [-0.2, 0) is 0 Å². The predicted molar refractivity (Wildman–Crippen MR) is 84.9 cm³/mol. The molecular formula is C17H27N3. The molecule has 0 bridgehead atoms. The zero-order valence-corrected chi connectivity index (χ0v) is 13.0. The van der Waals surface area contributed by atoms with Crippen LogP contribution in [0.15, 0.2) is 30.6 Å². The quantitative estimate of drug-likeness (QED) is 0.781. The van der Waals surface area contributed by atoms with Gasteiger partial charge in [-0.05, 0) is 37.4 Å². The summed E-state index contributed by atoms with van der Waals surface area (Å²) >= 11 is 0. The molecule has 2 aromatic rings. The van der Waals surface area contributed by atoms with E-state index in [2.05, 4.69) is 43.3 Å². The number of nitrogens with one attached hydrogen (secondary N) is 1. The molecule has 110 valence electrons. The van der Waals surface area contributed by atoms with Crippen LogP contribution in [0.3, 0.4) is 0 Å². The molecule has 1 unspecified atom stereocenters. The molecule has 2 heterocycles. The molecule has 1 atom stereocenters. The maximum Gasteiger partial charge on any atom is 0.0709 e. The Labute approximate surface area is 122 Å². The molecule has 1 N–H and O–H groups in total. The van der Waals surface area contributed by atoms with Gasteiger partial charge in [0.05, 0.1) is 11.7 Å². The third-order valence-corrected chi connectivity index (χ3v) is 3.75. The number of aromatic nitrogens is 2. The summed E-state index contributed by atoms with van der Waals surface area (Å²) in [4.78, 5) is 0. The lowest BCUT2D eigenvalue weighted by Crippen LogP contribution is -2.22. The second kappa shape index (κ2) is 7.44. The predicted octanol–water partition coefficient (Wildman–Crippen LogP) is 4.20. The fourth-order valence-electron chi connectivity index (χ4n) is 2.64. The van der Waals surface area contributed by atoms with Gasteiger partial charge in [0.15, 0.2) is 0 Å².